The van der Waals surface area contributed by atoms with Gasteiger partial charge in [0.2, 0.25) is 12.2 Å². The standard InChI is InChI=1S/C24H33NO10/c1-12(26)25-20-22(33-15(4)29)21(32-14(3)28)19(11-31-13(2)27)35-23(20)34-16-8-9-18(30)17(10-16)24(5,6)7/h8-10,19-23,30H,11H2,1-7H3,(H,25,26)/t19-,20+,21+,22+,23+/m0/s1. The number of amides is 1. The Morgan fingerprint density at radius 1 is 0.971 bits per heavy atom. The van der Waals surface area contributed by atoms with Gasteiger partial charge in [0, 0.05) is 33.3 Å². The van der Waals surface area contributed by atoms with Crippen molar-refractivity contribution in [3.05, 3.63) is 23.8 Å². The summed E-state index contributed by atoms with van der Waals surface area (Å²) >= 11 is 0. The predicted molar refractivity (Wildman–Crippen MR) is 121 cm³/mol. The molecule has 1 aromatic rings. The molecule has 0 bridgehead atoms. The van der Waals surface area contributed by atoms with Gasteiger partial charge in [0.25, 0.3) is 0 Å². The zero-order valence-corrected chi connectivity index (χ0v) is 20.9. The van der Waals surface area contributed by atoms with E-state index in [0.717, 1.165) is 13.8 Å². The normalized spacial score (nSPS) is 24.1. The summed E-state index contributed by atoms with van der Waals surface area (Å²) in [5, 5.41) is 12.9. The van der Waals surface area contributed by atoms with Crippen molar-refractivity contribution in [2.24, 2.45) is 0 Å². The highest BCUT2D eigenvalue weighted by Crippen LogP contribution is 2.35. The van der Waals surface area contributed by atoms with E-state index in [1.165, 1.54) is 26.0 Å². The van der Waals surface area contributed by atoms with Gasteiger partial charge >= 0.3 is 17.9 Å². The molecule has 1 heterocycles. The van der Waals surface area contributed by atoms with Crippen molar-refractivity contribution in [1.29, 1.82) is 0 Å². The van der Waals surface area contributed by atoms with Crippen LogP contribution in [-0.2, 0) is 43.5 Å². The van der Waals surface area contributed by atoms with Crippen LogP contribution in [-0.4, -0.2) is 66.2 Å². The fraction of sp³-hybridized carbons (Fsp3) is 0.583. The number of rotatable bonds is 7. The molecule has 1 aliphatic rings. The van der Waals surface area contributed by atoms with E-state index in [9.17, 15) is 24.3 Å². The molecule has 0 radical (unpaired) electrons. The highest BCUT2D eigenvalue weighted by molar-refractivity contribution is 5.73. The second kappa shape index (κ2) is 11.4. The summed E-state index contributed by atoms with van der Waals surface area (Å²) in [6, 6.07) is 3.51. The maximum Gasteiger partial charge on any atom is 0.303 e. The van der Waals surface area contributed by atoms with Crippen molar-refractivity contribution in [2.45, 2.75) is 84.5 Å². The third-order valence-electron chi connectivity index (χ3n) is 5.10. The number of benzene rings is 1. The minimum Gasteiger partial charge on any atom is -0.508 e. The molecule has 0 aromatic heterocycles. The van der Waals surface area contributed by atoms with Crippen LogP contribution >= 0.6 is 0 Å². The third-order valence-corrected chi connectivity index (χ3v) is 5.10. The number of carbonyl (C=O) groups is 4. The largest absolute Gasteiger partial charge is 0.508 e. The maximum absolute atomic E-state index is 12.0. The number of aromatic hydroxyl groups is 1. The Kier molecular flexibility index (Phi) is 9.08. The van der Waals surface area contributed by atoms with Crippen LogP contribution in [0.5, 0.6) is 11.5 Å². The fourth-order valence-corrected chi connectivity index (χ4v) is 3.71. The van der Waals surface area contributed by atoms with Crippen LogP contribution < -0.4 is 10.1 Å². The van der Waals surface area contributed by atoms with Crippen molar-refractivity contribution < 1.29 is 48.0 Å². The number of hydrogen-bond acceptors (Lipinski definition) is 10. The Hall–Kier alpha value is -3.34. The predicted octanol–water partition coefficient (Wildman–Crippen LogP) is 1.72. The Labute approximate surface area is 204 Å². The number of phenolic OH excluding ortho intramolecular Hbond substituents is 1. The molecule has 0 aliphatic carbocycles. The summed E-state index contributed by atoms with van der Waals surface area (Å²) < 4.78 is 27.9. The molecule has 0 saturated carbocycles. The first kappa shape index (κ1) is 27.9. The lowest BCUT2D eigenvalue weighted by atomic mass is 9.86. The van der Waals surface area contributed by atoms with Crippen molar-refractivity contribution >= 4 is 23.8 Å². The van der Waals surface area contributed by atoms with Crippen LogP contribution in [0.2, 0.25) is 0 Å². The molecule has 2 N–H and O–H groups in total. The first-order chi connectivity index (χ1) is 16.2. The van der Waals surface area contributed by atoms with Crippen molar-refractivity contribution in [2.75, 3.05) is 6.61 Å². The lowest BCUT2D eigenvalue weighted by Gasteiger charge is -2.44. The highest BCUT2D eigenvalue weighted by Gasteiger charge is 2.52. The Bertz CT molecular complexity index is 954. The average Bonchev–Trinajstić information content (AvgIpc) is 2.70. The minimum absolute atomic E-state index is 0.0771. The second-order valence-electron chi connectivity index (χ2n) is 9.27. The maximum atomic E-state index is 12.0. The topological polar surface area (TPSA) is 147 Å². The zero-order chi connectivity index (χ0) is 26.5. The molecule has 1 aromatic carbocycles. The third kappa shape index (κ3) is 7.84. The van der Waals surface area contributed by atoms with E-state index >= 15 is 0 Å². The van der Waals surface area contributed by atoms with Gasteiger partial charge in [-0.3, -0.25) is 19.2 Å². The smallest absolute Gasteiger partial charge is 0.303 e. The first-order valence-corrected chi connectivity index (χ1v) is 11.1. The van der Waals surface area contributed by atoms with Gasteiger partial charge in [0.15, 0.2) is 12.2 Å². The number of ether oxygens (including phenoxy) is 5. The molecule has 1 saturated heterocycles. The van der Waals surface area contributed by atoms with Gasteiger partial charge in [-0.25, -0.2) is 0 Å². The molecule has 5 atom stereocenters. The molecular weight excluding hydrogens is 462 g/mol. The van der Waals surface area contributed by atoms with Gasteiger partial charge in [-0.05, 0) is 23.6 Å². The molecule has 0 unspecified atom stereocenters. The van der Waals surface area contributed by atoms with Gasteiger partial charge < -0.3 is 34.1 Å². The van der Waals surface area contributed by atoms with E-state index in [-0.39, 0.29) is 12.4 Å². The van der Waals surface area contributed by atoms with Gasteiger partial charge in [0.05, 0.1) is 0 Å². The second-order valence-corrected chi connectivity index (χ2v) is 9.27. The van der Waals surface area contributed by atoms with Crippen LogP contribution in [0.4, 0.5) is 0 Å². The monoisotopic (exact) mass is 495 g/mol. The van der Waals surface area contributed by atoms with Crippen molar-refractivity contribution in [3.63, 3.8) is 0 Å². The molecule has 194 valence electrons. The van der Waals surface area contributed by atoms with Crippen molar-refractivity contribution in [3.8, 4) is 11.5 Å². The van der Waals surface area contributed by atoms with Gasteiger partial charge in [-0.15, -0.1) is 0 Å². The van der Waals surface area contributed by atoms with Crippen LogP contribution in [0.15, 0.2) is 18.2 Å². The summed E-state index contributed by atoms with van der Waals surface area (Å²) in [6.45, 7) is 10.2. The quantitative estimate of drug-likeness (QED) is 0.423. The summed E-state index contributed by atoms with van der Waals surface area (Å²) in [7, 11) is 0. The molecule has 2 rings (SSSR count). The van der Waals surface area contributed by atoms with E-state index in [1.807, 2.05) is 20.8 Å². The Morgan fingerprint density at radius 3 is 2.09 bits per heavy atom. The van der Waals surface area contributed by atoms with E-state index in [1.54, 1.807) is 6.07 Å². The lowest BCUT2D eigenvalue weighted by Crippen LogP contribution is -2.67. The molecule has 35 heavy (non-hydrogen) atoms. The number of hydrogen-bond donors (Lipinski definition) is 2. The molecule has 11 heteroatoms. The summed E-state index contributed by atoms with van der Waals surface area (Å²) in [6.07, 6.45) is -4.76. The van der Waals surface area contributed by atoms with Gasteiger partial charge in [-0.2, -0.15) is 0 Å². The number of phenols is 1. The average molecular weight is 496 g/mol. The summed E-state index contributed by atoms with van der Waals surface area (Å²) in [4.78, 5) is 47.2. The van der Waals surface area contributed by atoms with Gasteiger partial charge in [-0.1, -0.05) is 20.8 Å². The van der Waals surface area contributed by atoms with E-state index in [4.69, 9.17) is 23.7 Å². The highest BCUT2D eigenvalue weighted by atomic mass is 16.7. The SMILES string of the molecule is CC(=O)N[C@H]1[C@H](Oc2ccc(O)c(C(C)(C)C)c2)O[C@@H](COC(C)=O)[C@@H](OC(C)=O)[C@@H]1OC(C)=O. The van der Waals surface area contributed by atoms with E-state index < -0.39 is 59.9 Å². The fourth-order valence-electron chi connectivity index (χ4n) is 3.71. The molecule has 0 spiro atoms. The molecule has 1 amide bonds. The minimum atomic E-state index is -1.24. The van der Waals surface area contributed by atoms with Gasteiger partial charge in [0.1, 0.15) is 30.3 Å². The number of nitrogens with one attached hydrogen (secondary N) is 1. The summed E-state index contributed by atoms with van der Waals surface area (Å²) in [5.41, 5.74) is 0.194. The number of esters is 3. The van der Waals surface area contributed by atoms with Crippen LogP contribution in [0.25, 0.3) is 0 Å². The first-order valence-electron chi connectivity index (χ1n) is 11.1. The Balaban J connectivity index is 2.51. The van der Waals surface area contributed by atoms with Crippen LogP contribution in [0, 0.1) is 0 Å². The molecule has 1 aliphatic heterocycles. The van der Waals surface area contributed by atoms with E-state index in [2.05, 4.69) is 5.32 Å². The summed E-state index contributed by atoms with van der Waals surface area (Å²) in [5.74, 6) is -2.11. The van der Waals surface area contributed by atoms with Crippen molar-refractivity contribution in [1.82, 2.24) is 5.32 Å². The van der Waals surface area contributed by atoms with Crippen LogP contribution in [0.3, 0.4) is 0 Å². The Morgan fingerprint density at radius 2 is 1.57 bits per heavy atom. The molecule has 1 fully saturated rings. The molecular formula is C24H33NO10. The molecule has 11 nitrogen and oxygen atoms in total. The lowest BCUT2D eigenvalue weighted by molar-refractivity contribution is -0.257. The van der Waals surface area contributed by atoms with E-state index in [0.29, 0.717) is 11.3 Å². The van der Waals surface area contributed by atoms with Crippen LogP contribution in [0.1, 0.15) is 54.0 Å². The zero-order valence-electron chi connectivity index (χ0n) is 20.9. The number of carbonyl (C=O) groups excluding carboxylic acids is 4.